The lowest BCUT2D eigenvalue weighted by molar-refractivity contribution is -0.120. The molecule has 1 rings (SSSR count). The topological polar surface area (TPSA) is 38.3 Å². The first kappa shape index (κ1) is 36.2. The summed E-state index contributed by atoms with van der Waals surface area (Å²) < 4.78 is 5.85. The number of hydrogen-bond donors (Lipinski definition) is 1. The second-order valence-electron chi connectivity index (χ2n) is 10.8. The Labute approximate surface area is 237 Å². The first-order valence-electron chi connectivity index (χ1n) is 16.2. The van der Waals surface area contributed by atoms with Crippen molar-refractivity contribution in [1.82, 2.24) is 5.32 Å². The highest BCUT2D eigenvalue weighted by Gasteiger charge is 2.11. The van der Waals surface area contributed by atoms with Crippen LogP contribution >= 0.6 is 0 Å². The van der Waals surface area contributed by atoms with Crippen LogP contribution in [-0.4, -0.2) is 18.6 Å². The molecule has 0 saturated carbocycles. The monoisotopic (exact) mass is 529 g/mol. The predicted octanol–water partition coefficient (Wildman–Crippen LogP) is 11.0. The van der Waals surface area contributed by atoms with E-state index in [4.69, 9.17) is 4.74 Å². The minimum absolute atomic E-state index is 0.110. The van der Waals surface area contributed by atoms with E-state index in [2.05, 4.69) is 37.4 Å². The van der Waals surface area contributed by atoms with Crippen molar-refractivity contribution in [3.63, 3.8) is 0 Å². The first-order chi connectivity index (χ1) is 18.5. The molecule has 0 heterocycles. The number of allylic oxidation sites excluding steroid dienone is 1. The van der Waals surface area contributed by atoms with Crippen molar-refractivity contribution >= 4 is 11.5 Å². The maximum atomic E-state index is 12.5. The highest BCUT2D eigenvalue weighted by atomic mass is 16.5. The molecule has 0 unspecified atom stereocenters. The highest BCUT2D eigenvalue weighted by Crippen LogP contribution is 2.27. The van der Waals surface area contributed by atoms with E-state index in [0.29, 0.717) is 6.42 Å². The van der Waals surface area contributed by atoms with Crippen LogP contribution in [0.3, 0.4) is 0 Å². The van der Waals surface area contributed by atoms with Gasteiger partial charge in [-0.25, -0.2) is 0 Å². The molecule has 1 N–H and O–H groups in total. The second-order valence-corrected chi connectivity index (χ2v) is 10.8. The summed E-state index contributed by atoms with van der Waals surface area (Å²) in [7, 11) is 0. The van der Waals surface area contributed by atoms with Crippen LogP contribution in [0.15, 0.2) is 24.3 Å². The smallest absolute Gasteiger partial charge is 0.224 e. The Morgan fingerprint density at radius 1 is 0.816 bits per heavy atom. The average Bonchev–Trinajstić information content (AvgIpc) is 2.91. The van der Waals surface area contributed by atoms with Gasteiger partial charge in [-0.05, 0) is 62.9 Å². The molecule has 0 bridgehead atoms. The largest absolute Gasteiger partial charge is 0.491 e. The lowest BCUT2D eigenvalue weighted by atomic mass is 9.97. The van der Waals surface area contributed by atoms with E-state index in [-0.39, 0.29) is 12.0 Å². The molecule has 0 aliphatic rings. The van der Waals surface area contributed by atoms with Crippen LogP contribution in [0.5, 0.6) is 5.75 Å². The molecule has 1 aromatic rings. The molecule has 0 saturated heterocycles. The summed E-state index contributed by atoms with van der Waals surface area (Å²) in [5.41, 5.74) is 3.34. The maximum Gasteiger partial charge on any atom is 0.224 e. The van der Waals surface area contributed by atoms with Crippen molar-refractivity contribution in [2.75, 3.05) is 6.54 Å². The number of ether oxygens (including phenoxy) is 1. The summed E-state index contributed by atoms with van der Waals surface area (Å²) in [4.78, 5) is 12.5. The number of aryl methyl sites for hydroxylation is 1. The Kier molecular flexibility index (Phi) is 24.3. The molecule has 0 atom stereocenters. The van der Waals surface area contributed by atoms with Gasteiger partial charge in [-0.2, -0.15) is 0 Å². The van der Waals surface area contributed by atoms with E-state index in [1.165, 1.54) is 102 Å². The molecule has 3 heteroatoms. The lowest BCUT2D eigenvalue weighted by Gasteiger charge is -2.15. The molecular formula is C35H63NO2. The number of unbranched alkanes of at least 4 members (excludes halogenated alkanes) is 15. The van der Waals surface area contributed by atoms with Crippen LogP contribution in [0.2, 0.25) is 0 Å². The van der Waals surface area contributed by atoms with E-state index in [0.717, 1.165) is 29.9 Å². The molecule has 0 fully saturated rings. The van der Waals surface area contributed by atoms with Crippen molar-refractivity contribution < 1.29 is 9.53 Å². The van der Waals surface area contributed by atoms with Crippen LogP contribution in [-0.2, 0) is 4.79 Å². The minimum Gasteiger partial charge on any atom is -0.491 e. The zero-order valence-electron chi connectivity index (χ0n) is 26.4. The maximum absolute atomic E-state index is 12.5. The zero-order valence-corrected chi connectivity index (χ0v) is 26.4. The van der Waals surface area contributed by atoms with E-state index in [1.807, 2.05) is 40.7 Å². The van der Waals surface area contributed by atoms with Gasteiger partial charge in [0, 0.05) is 6.54 Å². The molecule has 0 radical (unpaired) electrons. The van der Waals surface area contributed by atoms with Gasteiger partial charge in [-0.3, -0.25) is 4.79 Å². The van der Waals surface area contributed by atoms with Gasteiger partial charge in [0.25, 0.3) is 0 Å². The second kappa shape index (κ2) is 25.5. The molecule has 0 spiro atoms. The lowest BCUT2D eigenvalue weighted by Crippen LogP contribution is -2.24. The normalized spacial score (nSPS) is 11.3. The van der Waals surface area contributed by atoms with Crippen molar-refractivity contribution in [1.29, 1.82) is 0 Å². The summed E-state index contributed by atoms with van der Waals surface area (Å²) >= 11 is 0. The van der Waals surface area contributed by atoms with Gasteiger partial charge in [0.05, 0.1) is 12.5 Å². The number of carbonyl (C=O) groups is 1. The van der Waals surface area contributed by atoms with E-state index >= 15 is 0 Å². The number of hydrogen-bond acceptors (Lipinski definition) is 2. The molecule has 38 heavy (non-hydrogen) atoms. The Bertz CT molecular complexity index is 723. The number of carbonyl (C=O) groups excluding carboxylic acids is 1. The van der Waals surface area contributed by atoms with Gasteiger partial charge in [0.2, 0.25) is 5.91 Å². The summed E-state index contributed by atoms with van der Waals surface area (Å²) in [6.45, 7) is 15.2. The van der Waals surface area contributed by atoms with Crippen LogP contribution in [0.4, 0.5) is 0 Å². The average molecular weight is 530 g/mol. The molecular weight excluding hydrogens is 466 g/mol. The Hall–Kier alpha value is -1.77. The SMILES string of the molecule is C/C=C(/CC(=O)NCCCCCCCCCCCCCCCCCC)c1cc(OC(C)C)ccc1C.CC. The summed E-state index contributed by atoms with van der Waals surface area (Å²) in [6.07, 6.45) is 24.5. The molecule has 220 valence electrons. The fourth-order valence-corrected chi connectivity index (χ4v) is 4.78. The number of benzene rings is 1. The molecule has 0 aliphatic carbocycles. The third kappa shape index (κ3) is 19.3. The molecule has 1 amide bonds. The van der Waals surface area contributed by atoms with Crippen LogP contribution in [0.25, 0.3) is 5.57 Å². The molecule has 0 aromatic heterocycles. The van der Waals surface area contributed by atoms with Crippen molar-refractivity contribution in [2.45, 2.75) is 164 Å². The summed E-state index contributed by atoms with van der Waals surface area (Å²) in [5, 5.41) is 3.12. The predicted molar refractivity (Wildman–Crippen MR) is 169 cm³/mol. The van der Waals surface area contributed by atoms with Gasteiger partial charge >= 0.3 is 0 Å². The summed E-state index contributed by atoms with van der Waals surface area (Å²) in [6, 6.07) is 6.14. The summed E-state index contributed by atoms with van der Waals surface area (Å²) in [5.74, 6) is 0.970. The van der Waals surface area contributed by atoms with Crippen molar-refractivity contribution in [3.8, 4) is 5.75 Å². The standard InChI is InChI=1S/C33H57NO2.C2H6/c1-6-8-9-10-11-12-13-14-15-16-17-18-19-20-21-22-25-34-33(35)26-30(7-2)32-27-31(36-28(3)4)24-23-29(32)5;1-2/h7,23-24,27-28H,6,8-22,25-26H2,1-5H3,(H,34,35);1-2H3/b30-7-;. The van der Waals surface area contributed by atoms with Crippen LogP contribution in [0, 0.1) is 6.92 Å². The van der Waals surface area contributed by atoms with Crippen molar-refractivity contribution in [3.05, 3.63) is 35.4 Å². The fraction of sp³-hybridized carbons (Fsp3) is 0.743. The fourth-order valence-electron chi connectivity index (χ4n) is 4.78. The minimum atomic E-state index is 0.110. The van der Waals surface area contributed by atoms with Gasteiger partial charge in [0.15, 0.2) is 0 Å². The first-order valence-corrected chi connectivity index (χ1v) is 16.2. The third-order valence-corrected chi connectivity index (χ3v) is 6.98. The van der Waals surface area contributed by atoms with Gasteiger partial charge in [-0.15, -0.1) is 0 Å². The van der Waals surface area contributed by atoms with Crippen LogP contribution < -0.4 is 10.1 Å². The van der Waals surface area contributed by atoms with Crippen LogP contribution in [0.1, 0.15) is 162 Å². The third-order valence-electron chi connectivity index (χ3n) is 6.98. The molecule has 1 aromatic carbocycles. The van der Waals surface area contributed by atoms with E-state index in [9.17, 15) is 4.79 Å². The van der Waals surface area contributed by atoms with Gasteiger partial charge in [-0.1, -0.05) is 129 Å². The highest BCUT2D eigenvalue weighted by molar-refractivity contribution is 5.89. The number of amides is 1. The van der Waals surface area contributed by atoms with E-state index in [1.54, 1.807) is 0 Å². The van der Waals surface area contributed by atoms with Crippen molar-refractivity contribution in [2.24, 2.45) is 0 Å². The quantitative estimate of drug-likeness (QED) is 0.152. The Morgan fingerprint density at radius 3 is 1.74 bits per heavy atom. The van der Waals surface area contributed by atoms with Gasteiger partial charge < -0.3 is 10.1 Å². The zero-order chi connectivity index (χ0) is 28.4. The molecule has 0 aliphatic heterocycles. The number of nitrogens with one attached hydrogen (secondary N) is 1. The van der Waals surface area contributed by atoms with Gasteiger partial charge in [0.1, 0.15) is 5.75 Å². The van der Waals surface area contributed by atoms with E-state index < -0.39 is 0 Å². The Balaban J connectivity index is 0.00000667. The Morgan fingerprint density at radius 2 is 1.29 bits per heavy atom. The molecule has 3 nitrogen and oxygen atoms in total. The number of rotatable bonds is 22.